The van der Waals surface area contributed by atoms with Crippen LogP contribution in [0.2, 0.25) is 0 Å². The SMILES string of the molecule is CN(C)c1ccc(OC2CCN(C(=O)c3ccccc3C(F)(F)F)C2)nn1. The van der Waals surface area contributed by atoms with Crippen LogP contribution in [0.25, 0.3) is 0 Å². The minimum Gasteiger partial charge on any atom is -0.471 e. The number of carbonyl (C=O) groups excluding carboxylic acids is 1. The van der Waals surface area contributed by atoms with Crippen LogP contribution in [0.3, 0.4) is 0 Å². The molecule has 0 saturated carbocycles. The smallest absolute Gasteiger partial charge is 0.417 e. The Bertz CT molecular complexity index is 809. The maximum absolute atomic E-state index is 13.1. The molecule has 0 bridgehead atoms. The van der Waals surface area contributed by atoms with E-state index in [2.05, 4.69) is 10.2 Å². The molecule has 2 aromatic rings. The summed E-state index contributed by atoms with van der Waals surface area (Å²) >= 11 is 0. The predicted molar refractivity (Wildman–Crippen MR) is 92.7 cm³/mol. The first-order valence-corrected chi connectivity index (χ1v) is 8.39. The van der Waals surface area contributed by atoms with Crippen molar-refractivity contribution < 1.29 is 22.7 Å². The largest absolute Gasteiger partial charge is 0.471 e. The third kappa shape index (κ3) is 4.29. The van der Waals surface area contributed by atoms with Crippen molar-refractivity contribution >= 4 is 11.7 Å². The summed E-state index contributed by atoms with van der Waals surface area (Å²) in [5, 5.41) is 7.98. The van der Waals surface area contributed by atoms with Crippen LogP contribution in [0.4, 0.5) is 19.0 Å². The zero-order valence-electron chi connectivity index (χ0n) is 14.9. The Morgan fingerprint density at radius 2 is 1.93 bits per heavy atom. The molecule has 1 aliphatic rings. The molecule has 0 aliphatic carbocycles. The van der Waals surface area contributed by atoms with Gasteiger partial charge in [0.2, 0.25) is 5.88 Å². The number of anilines is 1. The molecule has 0 N–H and O–H groups in total. The summed E-state index contributed by atoms with van der Waals surface area (Å²) in [6.45, 7) is 0.515. The highest BCUT2D eigenvalue weighted by Gasteiger charge is 2.37. The van der Waals surface area contributed by atoms with Gasteiger partial charge in [0.1, 0.15) is 6.10 Å². The molecule has 144 valence electrons. The molecule has 1 fully saturated rings. The zero-order valence-corrected chi connectivity index (χ0v) is 14.9. The van der Waals surface area contributed by atoms with E-state index in [1.807, 2.05) is 14.1 Å². The number of nitrogens with zero attached hydrogens (tertiary/aromatic N) is 4. The second kappa shape index (κ2) is 7.42. The van der Waals surface area contributed by atoms with Crippen LogP contribution in [0.5, 0.6) is 5.88 Å². The lowest BCUT2D eigenvalue weighted by molar-refractivity contribution is -0.138. The number of benzene rings is 1. The highest BCUT2D eigenvalue weighted by atomic mass is 19.4. The third-order valence-corrected chi connectivity index (χ3v) is 4.27. The van der Waals surface area contributed by atoms with E-state index in [0.29, 0.717) is 24.7 Å². The van der Waals surface area contributed by atoms with Gasteiger partial charge in [-0.15, -0.1) is 10.2 Å². The van der Waals surface area contributed by atoms with Gasteiger partial charge < -0.3 is 14.5 Å². The first kappa shape index (κ1) is 18.9. The number of alkyl halides is 3. The number of halogens is 3. The maximum Gasteiger partial charge on any atom is 0.417 e. The van der Waals surface area contributed by atoms with Crippen LogP contribution in [-0.4, -0.2) is 54.3 Å². The van der Waals surface area contributed by atoms with Crippen molar-refractivity contribution in [1.29, 1.82) is 0 Å². The number of hydrogen-bond donors (Lipinski definition) is 0. The first-order chi connectivity index (χ1) is 12.8. The quantitative estimate of drug-likeness (QED) is 0.816. The van der Waals surface area contributed by atoms with E-state index in [4.69, 9.17) is 4.74 Å². The Kier molecular flexibility index (Phi) is 5.20. The molecule has 3 rings (SSSR count). The predicted octanol–water partition coefficient (Wildman–Crippen LogP) is 2.85. The fourth-order valence-electron chi connectivity index (χ4n) is 2.88. The number of carbonyl (C=O) groups is 1. The number of amides is 1. The average molecular weight is 380 g/mol. The topological polar surface area (TPSA) is 58.6 Å². The van der Waals surface area contributed by atoms with Crippen LogP contribution in [-0.2, 0) is 6.18 Å². The molecule has 1 aliphatic heterocycles. The van der Waals surface area contributed by atoms with Gasteiger partial charge in [-0.05, 0) is 18.2 Å². The molecule has 0 radical (unpaired) electrons. The number of rotatable bonds is 4. The normalized spacial score (nSPS) is 17.1. The molecule has 2 heterocycles. The van der Waals surface area contributed by atoms with E-state index < -0.39 is 17.6 Å². The molecule has 27 heavy (non-hydrogen) atoms. The molecule has 1 amide bonds. The van der Waals surface area contributed by atoms with Gasteiger partial charge in [0.15, 0.2) is 5.82 Å². The Morgan fingerprint density at radius 1 is 1.19 bits per heavy atom. The third-order valence-electron chi connectivity index (χ3n) is 4.27. The first-order valence-electron chi connectivity index (χ1n) is 8.39. The van der Waals surface area contributed by atoms with Crippen molar-refractivity contribution in [3.8, 4) is 5.88 Å². The summed E-state index contributed by atoms with van der Waals surface area (Å²) < 4.78 is 45.1. The molecule has 1 aromatic heterocycles. The molecular weight excluding hydrogens is 361 g/mol. The number of aromatic nitrogens is 2. The number of ether oxygens (including phenoxy) is 1. The maximum atomic E-state index is 13.1. The van der Waals surface area contributed by atoms with Crippen LogP contribution in [0, 0.1) is 0 Å². The number of hydrogen-bond acceptors (Lipinski definition) is 5. The van der Waals surface area contributed by atoms with Crippen LogP contribution < -0.4 is 9.64 Å². The summed E-state index contributed by atoms with van der Waals surface area (Å²) in [5.41, 5.74) is -1.27. The number of likely N-dealkylation sites (tertiary alicyclic amines) is 1. The van der Waals surface area contributed by atoms with Gasteiger partial charge in [0.25, 0.3) is 5.91 Å². The van der Waals surface area contributed by atoms with Crippen molar-refractivity contribution in [2.24, 2.45) is 0 Å². The highest BCUT2D eigenvalue weighted by Crippen LogP contribution is 2.33. The Morgan fingerprint density at radius 3 is 2.56 bits per heavy atom. The van der Waals surface area contributed by atoms with Crippen LogP contribution >= 0.6 is 0 Å². The van der Waals surface area contributed by atoms with Gasteiger partial charge in [-0.2, -0.15) is 13.2 Å². The lowest BCUT2D eigenvalue weighted by Crippen LogP contribution is -2.32. The van der Waals surface area contributed by atoms with Crippen molar-refractivity contribution in [1.82, 2.24) is 15.1 Å². The highest BCUT2D eigenvalue weighted by molar-refractivity contribution is 5.96. The standard InChI is InChI=1S/C18H19F3N4O2/c1-24(2)15-7-8-16(23-22-15)27-12-9-10-25(11-12)17(26)13-5-3-4-6-14(13)18(19,20)21/h3-8,12H,9-11H2,1-2H3. The minimum atomic E-state index is -4.58. The van der Waals surface area contributed by atoms with Crippen LogP contribution in [0.1, 0.15) is 22.3 Å². The fraction of sp³-hybridized carbons (Fsp3) is 0.389. The lowest BCUT2D eigenvalue weighted by atomic mass is 10.1. The van der Waals surface area contributed by atoms with Gasteiger partial charge >= 0.3 is 6.18 Å². The van der Waals surface area contributed by atoms with Crippen molar-refractivity contribution in [2.75, 3.05) is 32.1 Å². The van der Waals surface area contributed by atoms with Crippen molar-refractivity contribution in [2.45, 2.75) is 18.7 Å². The van der Waals surface area contributed by atoms with E-state index in [0.717, 1.165) is 6.07 Å². The van der Waals surface area contributed by atoms with E-state index >= 15 is 0 Å². The second-order valence-corrected chi connectivity index (χ2v) is 6.45. The van der Waals surface area contributed by atoms with E-state index in [9.17, 15) is 18.0 Å². The van der Waals surface area contributed by atoms with Gasteiger partial charge in [0.05, 0.1) is 17.7 Å². The Labute approximate surface area is 154 Å². The molecular formula is C18H19F3N4O2. The van der Waals surface area contributed by atoms with E-state index in [1.165, 1.54) is 23.1 Å². The summed E-state index contributed by atoms with van der Waals surface area (Å²) in [4.78, 5) is 15.7. The monoisotopic (exact) mass is 380 g/mol. The minimum absolute atomic E-state index is 0.197. The summed E-state index contributed by atoms with van der Waals surface area (Å²) in [6.07, 6.45) is -4.41. The zero-order chi connectivity index (χ0) is 19.6. The summed E-state index contributed by atoms with van der Waals surface area (Å²) in [6, 6.07) is 8.23. The summed E-state index contributed by atoms with van der Waals surface area (Å²) in [5.74, 6) is 0.341. The Hall–Kier alpha value is -2.84. The molecule has 1 atom stereocenters. The molecule has 1 aromatic carbocycles. The van der Waals surface area contributed by atoms with Gasteiger partial charge in [-0.25, -0.2) is 0 Å². The van der Waals surface area contributed by atoms with Crippen molar-refractivity contribution in [3.63, 3.8) is 0 Å². The van der Waals surface area contributed by atoms with Gasteiger partial charge in [-0.3, -0.25) is 4.79 Å². The molecule has 0 spiro atoms. The van der Waals surface area contributed by atoms with E-state index in [-0.39, 0.29) is 18.2 Å². The summed E-state index contributed by atoms with van der Waals surface area (Å²) in [7, 11) is 3.67. The van der Waals surface area contributed by atoms with E-state index in [1.54, 1.807) is 17.0 Å². The fourth-order valence-corrected chi connectivity index (χ4v) is 2.88. The molecule has 6 nitrogen and oxygen atoms in total. The molecule has 1 unspecified atom stereocenters. The second-order valence-electron chi connectivity index (χ2n) is 6.45. The van der Waals surface area contributed by atoms with Gasteiger partial charge in [0, 0.05) is 33.1 Å². The van der Waals surface area contributed by atoms with Crippen LogP contribution in [0.15, 0.2) is 36.4 Å². The van der Waals surface area contributed by atoms with Gasteiger partial charge in [-0.1, -0.05) is 12.1 Å². The lowest BCUT2D eigenvalue weighted by Gasteiger charge is -2.19. The molecule has 9 heteroatoms. The Balaban J connectivity index is 1.67. The average Bonchev–Trinajstić information content (AvgIpc) is 3.09. The molecule has 1 saturated heterocycles. The van der Waals surface area contributed by atoms with Crippen molar-refractivity contribution in [3.05, 3.63) is 47.5 Å².